The van der Waals surface area contributed by atoms with Crippen LogP contribution in [0.15, 0.2) is 29.2 Å². The quantitative estimate of drug-likeness (QED) is 0.781. The maximum atomic E-state index is 11.4. The van der Waals surface area contributed by atoms with Crippen molar-refractivity contribution in [2.45, 2.75) is 25.9 Å². The molecule has 0 spiro atoms. The summed E-state index contributed by atoms with van der Waals surface area (Å²) in [4.78, 5) is 17.7. The van der Waals surface area contributed by atoms with E-state index in [0.29, 0.717) is 12.5 Å². The Morgan fingerprint density at radius 2 is 2.41 bits per heavy atom. The molecule has 2 aromatic rings. The van der Waals surface area contributed by atoms with Crippen LogP contribution in [0.5, 0.6) is 0 Å². The van der Waals surface area contributed by atoms with Crippen LogP contribution in [-0.4, -0.2) is 45.8 Å². The third kappa shape index (κ3) is 3.54. The Bertz CT molecular complexity index is 608. The number of hydrogen-bond donors (Lipinski definition) is 0. The Labute approximate surface area is 128 Å². The SMILES string of the molecule is COC(=O)c1ccc(CN2CCCC(Cn3cncn3)C2)o1. The number of esters is 1. The molecular weight excluding hydrogens is 284 g/mol. The van der Waals surface area contributed by atoms with Crippen LogP contribution in [0.25, 0.3) is 0 Å². The minimum atomic E-state index is -0.436. The summed E-state index contributed by atoms with van der Waals surface area (Å²) in [6.07, 6.45) is 5.68. The molecule has 1 saturated heterocycles. The molecule has 0 N–H and O–H groups in total. The predicted octanol–water partition coefficient (Wildman–Crippen LogP) is 1.57. The number of hydrogen-bond acceptors (Lipinski definition) is 6. The smallest absolute Gasteiger partial charge is 0.373 e. The Balaban J connectivity index is 1.56. The van der Waals surface area contributed by atoms with Crippen molar-refractivity contribution >= 4 is 5.97 Å². The second-order valence-corrected chi connectivity index (χ2v) is 5.62. The molecule has 7 nitrogen and oxygen atoms in total. The minimum Gasteiger partial charge on any atom is -0.463 e. The number of likely N-dealkylation sites (tertiary alicyclic amines) is 1. The van der Waals surface area contributed by atoms with Gasteiger partial charge in [0.25, 0.3) is 0 Å². The van der Waals surface area contributed by atoms with Crippen LogP contribution < -0.4 is 0 Å². The lowest BCUT2D eigenvalue weighted by Gasteiger charge is -2.31. The van der Waals surface area contributed by atoms with Crippen molar-refractivity contribution in [2.75, 3.05) is 20.2 Å². The van der Waals surface area contributed by atoms with Gasteiger partial charge in [-0.15, -0.1) is 0 Å². The van der Waals surface area contributed by atoms with Crippen molar-refractivity contribution in [2.24, 2.45) is 5.92 Å². The molecule has 0 aromatic carbocycles. The van der Waals surface area contributed by atoms with E-state index in [2.05, 4.69) is 19.7 Å². The first-order valence-electron chi connectivity index (χ1n) is 7.46. The molecule has 0 radical (unpaired) electrons. The number of aromatic nitrogens is 3. The second-order valence-electron chi connectivity index (χ2n) is 5.62. The van der Waals surface area contributed by atoms with Crippen LogP contribution in [0.4, 0.5) is 0 Å². The molecule has 7 heteroatoms. The van der Waals surface area contributed by atoms with E-state index in [0.717, 1.165) is 31.8 Å². The van der Waals surface area contributed by atoms with Gasteiger partial charge in [0.15, 0.2) is 0 Å². The molecule has 0 bridgehead atoms. The highest BCUT2D eigenvalue weighted by molar-refractivity contribution is 5.86. The van der Waals surface area contributed by atoms with Gasteiger partial charge in [0.2, 0.25) is 5.76 Å². The Hall–Kier alpha value is -2.15. The Kier molecular flexibility index (Phi) is 4.53. The molecule has 0 aliphatic carbocycles. The van der Waals surface area contributed by atoms with Crippen LogP contribution in [0, 0.1) is 5.92 Å². The summed E-state index contributed by atoms with van der Waals surface area (Å²) in [5.74, 6) is 1.18. The molecule has 2 aromatic heterocycles. The summed E-state index contributed by atoms with van der Waals surface area (Å²) in [6, 6.07) is 3.51. The molecule has 0 amide bonds. The topological polar surface area (TPSA) is 73.4 Å². The molecule has 118 valence electrons. The summed E-state index contributed by atoms with van der Waals surface area (Å²) in [6.45, 7) is 3.64. The summed E-state index contributed by atoms with van der Waals surface area (Å²) >= 11 is 0. The number of ether oxygens (including phenoxy) is 1. The van der Waals surface area contributed by atoms with Crippen molar-refractivity contribution in [1.82, 2.24) is 19.7 Å². The zero-order valence-electron chi connectivity index (χ0n) is 12.6. The highest BCUT2D eigenvalue weighted by Gasteiger charge is 2.22. The van der Waals surface area contributed by atoms with Crippen molar-refractivity contribution in [3.05, 3.63) is 36.3 Å². The molecule has 1 fully saturated rings. The minimum absolute atomic E-state index is 0.258. The van der Waals surface area contributed by atoms with E-state index >= 15 is 0 Å². The van der Waals surface area contributed by atoms with Crippen LogP contribution in [0.2, 0.25) is 0 Å². The van der Waals surface area contributed by atoms with Gasteiger partial charge in [-0.2, -0.15) is 5.10 Å². The first-order valence-corrected chi connectivity index (χ1v) is 7.46. The van der Waals surface area contributed by atoms with Crippen molar-refractivity contribution in [3.63, 3.8) is 0 Å². The van der Waals surface area contributed by atoms with E-state index in [1.807, 2.05) is 10.7 Å². The van der Waals surface area contributed by atoms with Crippen LogP contribution in [0.1, 0.15) is 29.2 Å². The van der Waals surface area contributed by atoms with Gasteiger partial charge in [0, 0.05) is 13.1 Å². The molecule has 1 atom stereocenters. The number of piperidine rings is 1. The van der Waals surface area contributed by atoms with Crippen LogP contribution >= 0.6 is 0 Å². The van der Waals surface area contributed by atoms with E-state index in [1.165, 1.54) is 13.5 Å². The zero-order valence-corrected chi connectivity index (χ0v) is 12.6. The van der Waals surface area contributed by atoms with Crippen molar-refractivity contribution in [3.8, 4) is 0 Å². The average Bonchev–Trinajstić information content (AvgIpc) is 3.19. The summed E-state index contributed by atoms with van der Waals surface area (Å²) in [5.41, 5.74) is 0. The van der Waals surface area contributed by atoms with E-state index in [-0.39, 0.29) is 5.76 Å². The van der Waals surface area contributed by atoms with Gasteiger partial charge in [0.1, 0.15) is 18.4 Å². The number of methoxy groups -OCH3 is 1. The highest BCUT2D eigenvalue weighted by Crippen LogP contribution is 2.20. The fourth-order valence-electron chi connectivity index (χ4n) is 2.93. The molecular formula is C15H20N4O3. The standard InChI is InChI=1S/C15H20N4O3/c1-21-15(20)14-5-4-13(22-14)9-18-6-2-3-12(7-18)8-19-11-16-10-17-19/h4-5,10-12H,2-3,6-9H2,1H3. The number of carbonyl (C=O) groups excluding carboxylic acids is 1. The van der Waals surface area contributed by atoms with Crippen LogP contribution in [0.3, 0.4) is 0 Å². The number of carbonyl (C=O) groups is 1. The van der Waals surface area contributed by atoms with Gasteiger partial charge in [-0.05, 0) is 37.4 Å². The van der Waals surface area contributed by atoms with Gasteiger partial charge < -0.3 is 9.15 Å². The second kappa shape index (κ2) is 6.74. The van der Waals surface area contributed by atoms with E-state index in [9.17, 15) is 4.79 Å². The lowest BCUT2D eigenvalue weighted by molar-refractivity contribution is 0.0559. The molecule has 3 rings (SSSR count). The largest absolute Gasteiger partial charge is 0.463 e. The fourth-order valence-corrected chi connectivity index (χ4v) is 2.93. The summed E-state index contributed by atoms with van der Waals surface area (Å²) < 4.78 is 12.1. The summed E-state index contributed by atoms with van der Waals surface area (Å²) in [5, 5.41) is 4.17. The maximum Gasteiger partial charge on any atom is 0.373 e. The zero-order chi connectivity index (χ0) is 15.4. The normalized spacial score (nSPS) is 19.2. The van der Waals surface area contributed by atoms with Gasteiger partial charge in [-0.1, -0.05) is 0 Å². The van der Waals surface area contributed by atoms with E-state index < -0.39 is 5.97 Å². The lowest BCUT2D eigenvalue weighted by atomic mass is 9.98. The molecule has 1 unspecified atom stereocenters. The molecule has 1 aliphatic rings. The average molecular weight is 304 g/mol. The predicted molar refractivity (Wildman–Crippen MR) is 78.1 cm³/mol. The number of nitrogens with zero attached hydrogens (tertiary/aromatic N) is 4. The van der Waals surface area contributed by atoms with E-state index in [1.54, 1.807) is 18.7 Å². The molecule has 3 heterocycles. The molecule has 1 aliphatic heterocycles. The van der Waals surface area contributed by atoms with Crippen molar-refractivity contribution < 1.29 is 13.9 Å². The molecule has 22 heavy (non-hydrogen) atoms. The Morgan fingerprint density at radius 3 is 3.18 bits per heavy atom. The Morgan fingerprint density at radius 1 is 1.50 bits per heavy atom. The fraction of sp³-hybridized carbons (Fsp3) is 0.533. The van der Waals surface area contributed by atoms with Gasteiger partial charge in [-0.3, -0.25) is 9.58 Å². The van der Waals surface area contributed by atoms with Crippen LogP contribution in [-0.2, 0) is 17.8 Å². The monoisotopic (exact) mass is 304 g/mol. The van der Waals surface area contributed by atoms with Gasteiger partial charge in [-0.25, -0.2) is 9.78 Å². The first kappa shape index (κ1) is 14.8. The number of furan rings is 1. The summed E-state index contributed by atoms with van der Waals surface area (Å²) in [7, 11) is 1.35. The molecule has 0 saturated carbocycles. The first-order chi connectivity index (χ1) is 10.7. The maximum absolute atomic E-state index is 11.4. The third-order valence-electron chi connectivity index (χ3n) is 3.94. The van der Waals surface area contributed by atoms with Gasteiger partial charge in [0.05, 0.1) is 13.7 Å². The highest BCUT2D eigenvalue weighted by atomic mass is 16.5. The lowest BCUT2D eigenvalue weighted by Crippen LogP contribution is -2.36. The number of rotatable bonds is 5. The third-order valence-corrected chi connectivity index (χ3v) is 3.94. The van der Waals surface area contributed by atoms with Crippen molar-refractivity contribution in [1.29, 1.82) is 0 Å². The van der Waals surface area contributed by atoms with Gasteiger partial charge >= 0.3 is 5.97 Å². The van der Waals surface area contributed by atoms with E-state index in [4.69, 9.17) is 4.42 Å².